The highest BCUT2D eigenvalue weighted by Gasteiger charge is 2.14. The average Bonchev–Trinajstić information content (AvgIpc) is 2.52. The minimum Gasteiger partial charge on any atom is -0.309 e. The van der Waals surface area contributed by atoms with Gasteiger partial charge in [0.25, 0.3) is 0 Å². The summed E-state index contributed by atoms with van der Waals surface area (Å²) in [6.45, 7) is 5.16. The lowest BCUT2D eigenvalue weighted by atomic mass is 10.1. The van der Waals surface area contributed by atoms with Crippen molar-refractivity contribution < 1.29 is 0 Å². The molecule has 0 aliphatic heterocycles. The Kier molecular flexibility index (Phi) is 4.38. The van der Waals surface area contributed by atoms with E-state index in [1.165, 1.54) is 5.56 Å². The fraction of sp³-hybridized carbons (Fsp3) is 0.583. The van der Waals surface area contributed by atoms with Crippen LogP contribution in [0, 0.1) is 19.3 Å². The van der Waals surface area contributed by atoms with Crippen molar-refractivity contribution >= 4 is 0 Å². The Morgan fingerprint density at radius 2 is 2.40 bits per heavy atom. The number of aryl methyl sites for hydroxylation is 2. The molecule has 3 nitrogen and oxygen atoms in total. The summed E-state index contributed by atoms with van der Waals surface area (Å²) in [5.74, 6) is 2.71. The van der Waals surface area contributed by atoms with Gasteiger partial charge >= 0.3 is 0 Å². The Bertz CT molecular complexity index is 346. The van der Waals surface area contributed by atoms with E-state index < -0.39 is 0 Å². The van der Waals surface area contributed by atoms with Crippen LogP contribution in [0.1, 0.15) is 37.1 Å². The Morgan fingerprint density at radius 1 is 1.67 bits per heavy atom. The van der Waals surface area contributed by atoms with Gasteiger partial charge in [-0.2, -0.15) is 5.10 Å². The standard InChI is InChI=1S/C12H19N3/c1-5-7-12(13-8-6-2)11-9-15(4)14-10(11)3/h1,9,12-13H,6-8H2,2-4H3. The molecular formula is C12H19N3. The maximum atomic E-state index is 5.38. The molecule has 82 valence electrons. The molecule has 0 aromatic carbocycles. The van der Waals surface area contributed by atoms with Crippen LogP contribution in [-0.2, 0) is 7.05 Å². The molecule has 0 bridgehead atoms. The maximum Gasteiger partial charge on any atom is 0.0641 e. The second-order valence-electron chi connectivity index (χ2n) is 3.76. The molecule has 1 atom stereocenters. The van der Waals surface area contributed by atoms with Crippen molar-refractivity contribution in [2.45, 2.75) is 32.7 Å². The Balaban J connectivity index is 2.79. The normalized spacial score (nSPS) is 12.4. The quantitative estimate of drug-likeness (QED) is 0.743. The van der Waals surface area contributed by atoms with E-state index in [9.17, 15) is 0 Å². The second kappa shape index (κ2) is 5.57. The molecule has 1 unspecified atom stereocenters. The van der Waals surface area contributed by atoms with Crippen LogP contribution in [0.4, 0.5) is 0 Å². The van der Waals surface area contributed by atoms with Gasteiger partial charge in [0.15, 0.2) is 0 Å². The molecule has 0 radical (unpaired) electrons. The predicted octanol–water partition coefficient (Wildman–Crippen LogP) is 1.79. The SMILES string of the molecule is C#CCC(NCCC)c1cn(C)nc1C. The van der Waals surface area contributed by atoms with Gasteiger partial charge in [-0.15, -0.1) is 12.3 Å². The van der Waals surface area contributed by atoms with E-state index in [0.29, 0.717) is 6.42 Å². The number of nitrogens with one attached hydrogen (secondary N) is 1. The summed E-state index contributed by atoms with van der Waals surface area (Å²) < 4.78 is 1.84. The third kappa shape index (κ3) is 3.10. The van der Waals surface area contributed by atoms with Crippen molar-refractivity contribution in [1.29, 1.82) is 0 Å². The van der Waals surface area contributed by atoms with Gasteiger partial charge in [0.2, 0.25) is 0 Å². The van der Waals surface area contributed by atoms with Crippen LogP contribution in [0.3, 0.4) is 0 Å². The number of hydrogen-bond donors (Lipinski definition) is 1. The Hall–Kier alpha value is -1.27. The van der Waals surface area contributed by atoms with E-state index in [0.717, 1.165) is 18.7 Å². The lowest BCUT2D eigenvalue weighted by Crippen LogP contribution is -2.22. The number of rotatable bonds is 5. The van der Waals surface area contributed by atoms with Gasteiger partial charge in [0.1, 0.15) is 0 Å². The van der Waals surface area contributed by atoms with E-state index in [1.54, 1.807) is 0 Å². The lowest BCUT2D eigenvalue weighted by Gasteiger charge is -2.14. The van der Waals surface area contributed by atoms with Crippen molar-refractivity contribution in [2.24, 2.45) is 7.05 Å². The molecule has 0 fully saturated rings. The molecule has 0 aliphatic carbocycles. The summed E-state index contributed by atoms with van der Waals surface area (Å²) in [6, 6.07) is 0.239. The number of terminal acetylenes is 1. The van der Waals surface area contributed by atoms with E-state index in [2.05, 4.69) is 23.3 Å². The van der Waals surface area contributed by atoms with Crippen LogP contribution in [0.5, 0.6) is 0 Å². The molecule has 1 heterocycles. The van der Waals surface area contributed by atoms with Gasteiger partial charge in [0.05, 0.1) is 5.69 Å². The van der Waals surface area contributed by atoms with Gasteiger partial charge in [-0.3, -0.25) is 4.68 Å². The predicted molar refractivity (Wildman–Crippen MR) is 62.4 cm³/mol. The van der Waals surface area contributed by atoms with Gasteiger partial charge < -0.3 is 5.32 Å². The highest BCUT2D eigenvalue weighted by molar-refractivity contribution is 5.21. The second-order valence-corrected chi connectivity index (χ2v) is 3.76. The highest BCUT2D eigenvalue weighted by atomic mass is 15.3. The van der Waals surface area contributed by atoms with E-state index in [1.807, 2.05) is 24.9 Å². The largest absolute Gasteiger partial charge is 0.309 e. The molecule has 3 heteroatoms. The zero-order chi connectivity index (χ0) is 11.3. The average molecular weight is 205 g/mol. The fourth-order valence-electron chi connectivity index (χ4n) is 1.69. The summed E-state index contributed by atoms with van der Waals surface area (Å²) in [5, 5.41) is 7.78. The van der Waals surface area contributed by atoms with Crippen LogP contribution in [0.2, 0.25) is 0 Å². The first-order chi connectivity index (χ1) is 7.19. The summed E-state index contributed by atoms with van der Waals surface area (Å²) in [6.07, 6.45) is 9.25. The Labute approximate surface area is 91.9 Å². The molecule has 0 aliphatic rings. The first-order valence-corrected chi connectivity index (χ1v) is 5.36. The van der Waals surface area contributed by atoms with Crippen molar-refractivity contribution in [1.82, 2.24) is 15.1 Å². The van der Waals surface area contributed by atoms with Crippen LogP contribution in [0.15, 0.2) is 6.20 Å². The Morgan fingerprint density at radius 3 is 2.87 bits per heavy atom. The zero-order valence-corrected chi connectivity index (χ0v) is 9.75. The van der Waals surface area contributed by atoms with Crippen molar-refractivity contribution in [3.8, 4) is 12.3 Å². The van der Waals surface area contributed by atoms with Crippen LogP contribution < -0.4 is 5.32 Å². The number of aromatic nitrogens is 2. The monoisotopic (exact) mass is 205 g/mol. The van der Waals surface area contributed by atoms with Gasteiger partial charge in [-0.25, -0.2) is 0 Å². The lowest BCUT2D eigenvalue weighted by molar-refractivity contribution is 0.540. The fourth-order valence-corrected chi connectivity index (χ4v) is 1.69. The van der Waals surface area contributed by atoms with Crippen molar-refractivity contribution in [3.63, 3.8) is 0 Å². The summed E-state index contributed by atoms with van der Waals surface area (Å²) in [4.78, 5) is 0. The topological polar surface area (TPSA) is 29.9 Å². The van der Waals surface area contributed by atoms with Crippen LogP contribution >= 0.6 is 0 Å². The van der Waals surface area contributed by atoms with E-state index in [-0.39, 0.29) is 6.04 Å². The molecule has 0 amide bonds. The smallest absolute Gasteiger partial charge is 0.0641 e. The minimum atomic E-state index is 0.239. The highest BCUT2D eigenvalue weighted by Crippen LogP contribution is 2.19. The van der Waals surface area contributed by atoms with Gasteiger partial charge in [-0.1, -0.05) is 6.92 Å². The van der Waals surface area contributed by atoms with Gasteiger partial charge in [0, 0.05) is 31.3 Å². The number of nitrogens with zero attached hydrogens (tertiary/aromatic N) is 2. The third-order valence-corrected chi connectivity index (χ3v) is 2.39. The molecule has 1 rings (SSSR count). The molecule has 1 aromatic rings. The first kappa shape index (κ1) is 11.8. The minimum absolute atomic E-state index is 0.239. The zero-order valence-electron chi connectivity index (χ0n) is 9.75. The maximum absolute atomic E-state index is 5.38. The summed E-state index contributed by atoms with van der Waals surface area (Å²) >= 11 is 0. The van der Waals surface area contributed by atoms with Crippen LogP contribution in [0.25, 0.3) is 0 Å². The molecule has 0 spiro atoms. The molecule has 0 saturated heterocycles. The van der Waals surface area contributed by atoms with Gasteiger partial charge in [-0.05, 0) is 19.9 Å². The number of hydrogen-bond acceptors (Lipinski definition) is 2. The molecule has 15 heavy (non-hydrogen) atoms. The summed E-state index contributed by atoms with van der Waals surface area (Å²) in [7, 11) is 1.93. The van der Waals surface area contributed by atoms with E-state index in [4.69, 9.17) is 6.42 Å². The summed E-state index contributed by atoms with van der Waals surface area (Å²) in [5.41, 5.74) is 2.27. The molecule has 1 N–H and O–H groups in total. The van der Waals surface area contributed by atoms with Crippen LogP contribution in [-0.4, -0.2) is 16.3 Å². The molecular weight excluding hydrogens is 186 g/mol. The molecule has 1 aromatic heterocycles. The van der Waals surface area contributed by atoms with E-state index >= 15 is 0 Å². The first-order valence-electron chi connectivity index (χ1n) is 5.36. The van der Waals surface area contributed by atoms with Crippen molar-refractivity contribution in [3.05, 3.63) is 17.5 Å². The third-order valence-electron chi connectivity index (χ3n) is 2.39. The molecule has 0 saturated carbocycles. The van der Waals surface area contributed by atoms with Crippen molar-refractivity contribution in [2.75, 3.05) is 6.54 Å².